The van der Waals surface area contributed by atoms with E-state index in [2.05, 4.69) is 10.2 Å². The minimum absolute atomic E-state index is 0.308. The molecule has 0 N–H and O–H groups in total. The summed E-state index contributed by atoms with van der Waals surface area (Å²) in [6.45, 7) is 4.13. The molecule has 4 rings (SSSR count). The molecule has 142 valence electrons. The first-order chi connectivity index (χ1) is 13.7. The lowest BCUT2D eigenvalue weighted by Gasteiger charge is -2.15. The van der Waals surface area contributed by atoms with E-state index < -0.39 is 0 Å². The second-order valence-corrected chi connectivity index (χ2v) is 8.01. The smallest absolute Gasteiger partial charge is 0.340 e. The fraction of sp³-hybridized carbons (Fsp3) is 0.200. The second kappa shape index (κ2) is 8.12. The molecule has 0 spiro atoms. The molecule has 3 heterocycles. The summed E-state index contributed by atoms with van der Waals surface area (Å²) in [5.74, 6) is 0.823. The van der Waals surface area contributed by atoms with Gasteiger partial charge >= 0.3 is 5.97 Å². The van der Waals surface area contributed by atoms with Gasteiger partial charge in [0.2, 0.25) is 5.16 Å². The molecule has 0 unspecified atom stereocenters. The standard InChI is InChI=1S/C20H18N4O2S2/c1-3-26-19(25)15(11-14-8-6-13(2)7-9-14)16-12-28-20-22-21-18(24(20)23-16)17-5-4-10-27-17/h4-11H,3,12H2,1-2H3/b15-11-. The number of rotatable bonds is 5. The Hall–Kier alpha value is -2.71. The van der Waals surface area contributed by atoms with Gasteiger partial charge in [-0.25, -0.2) is 4.79 Å². The van der Waals surface area contributed by atoms with Crippen LogP contribution >= 0.6 is 23.1 Å². The van der Waals surface area contributed by atoms with Crippen LogP contribution in [0.3, 0.4) is 0 Å². The van der Waals surface area contributed by atoms with Crippen LogP contribution in [0.1, 0.15) is 18.1 Å². The van der Waals surface area contributed by atoms with E-state index in [4.69, 9.17) is 9.84 Å². The Morgan fingerprint density at radius 2 is 2.07 bits per heavy atom. The van der Waals surface area contributed by atoms with E-state index in [1.54, 1.807) is 22.9 Å². The van der Waals surface area contributed by atoms with Gasteiger partial charge in [0.1, 0.15) is 0 Å². The molecular weight excluding hydrogens is 392 g/mol. The van der Waals surface area contributed by atoms with Crippen LogP contribution < -0.4 is 0 Å². The van der Waals surface area contributed by atoms with Crippen molar-refractivity contribution in [2.75, 3.05) is 12.4 Å². The highest BCUT2D eigenvalue weighted by molar-refractivity contribution is 7.99. The normalized spacial score (nSPS) is 13.8. The molecule has 2 aromatic heterocycles. The Morgan fingerprint density at radius 3 is 2.79 bits per heavy atom. The molecule has 28 heavy (non-hydrogen) atoms. The fourth-order valence-corrected chi connectivity index (χ4v) is 4.24. The number of hydrogen-bond acceptors (Lipinski definition) is 7. The van der Waals surface area contributed by atoms with Crippen molar-refractivity contribution in [1.29, 1.82) is 0 Å². The first-order valence-electron chi connectivity index (χ1n) is 8.81. The molecule has 0 bridgehead atoms. The van der Waals surface area contributed by atoms with Gasteiger partial charge in [-0.05, 0) is 36.9 Å². The summed E-state index contributed by atoms with van der Waals surface area (Å²) in [5.41, 5.74) is 3.19. The monoisotopic (exact) mass is 410 g/mol. The van der Waals surface area contributed by atoms with E-state index in [1.165, 1.54) is 11.8 Å². The zero-order valence-electron chi connectivity index (χ0n) is 15.5. The first kappa shape index (κ1) is 18.6. The van der Waals surface area contributed by atoms with Crippen molar-refractivity contribution in [1.82, 2.24) is 14.9 Å². The zero-order valence-corrected chi connectivity index (χ0v) is 17.1. The van der Waals surface area contributed by atoms with Gasteiger partial charge in [0, 0.05) is 5.75 Å². The summed E-state index contributed by atoms with van der Waals surface area (Å²) in [4.78, 5) is 13.6. The molecule has 0 saturated heterocycles. The number of esters is 1. The lowest BCUT2D eigenvalue weighted by molar-refractivity contribution is -0.137. The molecular formula is C20H18N4O2S2. The number of aryl methyl sites for hydroxylation is 1. The van der Waals surface area contributed by atoms with E-state index in [-0.39, 0.29) is 5.97 Å². The van der Waals surface area contributed by atoms with Crippen LogP contribution in [-0.2, 0) is 9.53 Å². The average Bonchev–Trinajstić information content (AvgIpc) is 3.36. The molecule has 0 amide bonds. The second-order valence-electron chi connectivity index (χ2n) is 6.12. The summed E-state index contributed by atoms with van der Waals surface area (Å²) in [6, 6.07) is 11.9. The predicted octanol–water partition coefficient (Wildman–Crippen LogP) is 4.27. The van der Waals surface area contributed by atoms with Crippen molar-refractivity contribution in [3.05, 3.63) is 58.5 Å². The van der Waals surface area contributed by atoms with Gasteiger partial charge in [-0.3, -0.25) is 0 Å². The van der Waals surface area contributed by atoms with Crippen LogP contribution in [0.15, 0.2) is 57.6 Å². The summed E-state index contributed by atoms with van der Waals surface area (Å²) in [7, 11) is 0. The van der Waals surface area contributed by atoms with Crippen molar-refractivity contribution >= 4 is 40.9 Å². The highest BCUT2D eigenvalue weighted by Crippen LogP contribution is 2.31. The van der Waals surface area contributed by atoms with Crippen LogP contribution in [0.25, 0.3) is 16.8 Å². The highest BCUT2D eigenvalue weighted by atomic mass is 32.2. The van der Waals surface area contributed by atoms with E-state index in [0.29, 0.717) is 34.6 Å². The fourth-order valence-electron chi connectivity index (χ4n) is 2.72. The lowest BCUT2D eigenvalue weighted by atomic mass is 10.1. The van der Waals surface area contributed by atoms with Gasteiger partial charge in [-0.15, -0.1) is 21.5 Å². The maximum atomic E-state index is 12.7. The Morgan fingerprint density at radius 1 is 1.25 bits per heavy atom. The van der Waals surface area contributed by atoms with Crippen LogP contribution in [-0.4, -0.2) is 38.9 Å². The molecule has 0 fully saturated rings. The van der Waals surface area contributed by atoms with Gasteiger partial charge in [0.15, 0.2) is 5.82 Å². The van der Waals surface area contributed by atoms with Crippen LogP contribution in [0, 0.1) is 6.92 Å². The Bertz CT molecular complexity index is 1050. The molecule has 1 aliphatic heterocycles. The van der Waals surface area contributed by atoms with Crippen molar-refractivity contribution in [2.24, 2.45) is 5.10 Å². The summed E-state index contributed by atoms with van der Waals surface area (Å²) in [5, 5.41) is 15.9. The number of ether oxygens (including phenoxy) is 1. The average molecular weight is 411 g/mol. The molecule has 0 aliphatic carbocycles. The van der Waals surface area contributed by atoms with E-state index in [1.807, 2.05) is 54.8 Å². The van der Waals surface area contributed by atoms with Gasteiger partial charge in [-0.1, -0.05) is 47.7 Å². The third-order valence-electron chi connectivity index (χ3n) is 4.11. The Kier molecular flexibility index (Phi) is 5.40. The third-order valence-corrected chi connectivity index (χ3v) is 5.90. The zero-order chi connectivity index (χ0) is 19.5. The number of fused-ring (bicyclic) bond motifs is 1. The number of carbonyl (C=O) groups is 1. The lowest BCUT2D eigenvalue weighted by Crippen LogP contribution is -2.21. The third kappa shape index (κ3) is 3.79. The summed E-state index contributed by atoms with van der Waals surface area (Å²) in [6.07, 6.45) is 1.83. The van der Waals surface area contributed by atoms with E-state index in [0.717, 1.165) is 16.0 Å². The molecule has 8 heteroatoms. The van der Waals surface area contributed by atoms with Crippen molar-refractivity contribution < 1.29 is 9.53 Å². The van der Waals surface area contributed by atoms with E-state index >= 15 is 0 Å². The first-order valence-corrected chi connectivity index (χ1v) is 10.7. The van der Waals surface area contributed by atoms with Gasteiger partial charge in [0.05, 0.1) is 22.8 Å². The van der Waals surface area contributed by atoms with Crippen LogP contribution in [0.4, 0.5) is 0 Å². The van der Waals surface area contributed by atoms with Gasteiger partial charge in [0.25, 0.3) is 0 Å². The number of benzene rings is 1. The molecule has 0 saturated carbocycles. The van der Waals surface area contributed by atoms with Crippen LogP contribution in [0.5, 0.6) is 0 Å². The summed E-state index contributed by atoms with van der Waals surface area (Å²) < 4.78 is 7.00. The number of thioether (sulfide) groups is 1. The topological polar surface area (TPSA) is 69.4 Å². The highest BCUT2D eigenvalue weighted by Gasteiger charge is 2.25. The largest absolute Gasteiger partial charge is 0.462 e. The molecule has 3 aromatic rings. The summed E-state index contributed by atoms with van der Waals surface area (Å²) >= 11 is 3.08. The predicted molar refractivity (Wildman–Crippen MR) is 113 cm³/mol. The number of thiophene rings is 1. The maximum Gasteiger partial charge on any atom is 0.340 e. The van der Waals surface area contributed by atoms with Crippen molar-refractivity contribution in [2.45, 2.75) is 19.0 Å². The van der Waals surface area contributed by atoms with E-state index in [9.17, 15) is 4.79 Å². The van der Waals surface area contributed by atoms with Gasteiger partial charge < -0.3 is 4.74 Å². The minimum Gasteiger partial charge on any atom is -0.462 e. The molecule has 0 atom stereocenters. The molecule has 1 aliphatic rings. The van der Waals surface area contributed by atoms with Crippen molar-refractivity contribution in [3.8, 4) is 10.7 Å². The van der Waals surface area contributed by atoms with Gasteiger partial charge in [-0.2, -0.15) is 9.78 Å². The Balaban J connectivity index is 1.77. The minimum atomic E-state index is -0.378. The maximum absolute atomic E-state index is 12.7. The number of hydrogen-bond donors (Lipinski definition) is 0. The van der Waals surface area contributed by atoms with Crippen molar-refractivity contribution in [3.63, 3.8) is 0 Å². The number of carbonyl (C=O) groups excluding carboxylic acids is 1. The van der Waals surface area contributed by atoms with Crippen LogP contribution in [0.2, 0.25) is 0 Å². The molecule has 0 radical (unpaired) electrons. The number of aromatic nitrogens is 3. The SMILES string of the molecule is CCOC(=O)/C(=C\c1ccc(C)cc1)C1=Nn2c(nnc2-c2cccs2)SC1. The molecule has 6 nitrogen and oxygen atoms in total. The Labute approximate surface area is 171 Å². The number of nitrogens with zero attached hydrogens (tertiary/aromatic N) is 4. The molecule has 1 aromatic carbocycles. The quantitative estimate of drug-likeness (QED) is 0.464.